The zero-order chi connectivity index (χ0) is 13.4. The molecular formula is C14H16F2N2O. The summed E-state index contributed by atoms with van der Waals surface area (Å²) in [6, 6.07) is 3.52. The Hall–Kier alpha value is -1.65. The minimum atomic E-state index is -0.946. The van der Waals surface area contributed by atoms with Gasteiger partial charge in [-0.25, -0.2) is 13.6 Å². The van der Waals surface area contributed by atoms with Gasteiger partial charge in [-0.3, -0.25) is 0 Å². The Morgan fingerprint density at radius 3 is 2.84 bits per heavy atom. The van der Waals surface area contributed by atoms with Gasteiger partial charge in [0.15, 0.2) is 11.6 Å². The maximum Gasteiger partial charge on any atom is 0.322 e. The molecule has 1 saturated carbocycles. The second kappa shape index (κ2) is 4.79. The number of nitrogens with zero attached hydrogens (tertiary/aromatic N) is 1. The first-order valence-electron chi connectivity index (χ1n) is 6.68. The fourth-order valence-corrected chi connectivity index (χ4v) is 3.26. The summed E-state index contributed by atoms with van der Waals surface area (Å²) in [5, 5.41) is 2.64. The molecule has 0 aromatic heterocycles. The predicted molar refractivity (Wildman–Crippen MR) is 67.8 cm³/mol. The Bertz CT molecular complexity index is 506. The third kappa shape index (κ3) is 2.29. The Labute approximate surface area is 110 Å². The molecular weight excluding hydrogens is 250 g/mol. The molecule has 0 unspecified atom stereocenters. The first-order chi connectivity index (χ1) is 9.15. The highest BCUT2D eigenvalue weighted by Crippen LogP contribution is 2.37. The van der Waals surface area contributed by atoms with Crippen LogP contribution in [0.1, 0.15) is 25.7 Å². The van der Waals surface area contributed by atoms with E-state index in [0.29, 0.717) is 17.6 Å². The molecule has 1 aromatic carbocycles. The number of hydrogen-bond acceptors (Lipinski definition) is 1. The summed E-state index contributed by atoms with van der Waals surface area (Å²) in [4.78, 5) is 14.0. The van der Waals surface area contributed by atoms with Crippen LogP contribution >= 0.6 is 0 Å². The van der Waals surface area contributed by atoms with Gasteiger partial charge in [-0.05, 0) is 37.3 Å². The van der Waals surface area contributed by atoms with Crippen LogP contribution in [0.25, 0.3) is 0 Å². The average molecular weight is 266 g/mol. The average Bonchev–Trinajstić information content (AvgIpc) is 2.95. The smallest absolute Gasteiger partial charge is 0.321 e. The summed E-state index contributed by atoms with van der Waals surface area (Å²) in [5.74, 6) is -1.23. The summed E-state index contributed by atoms with van der Waals surface area (Å²) in [6.45, 7) is 0.755. The van der Waals surface area contributed by atoms with E-state index >= 15 is 0 Å². The number of benzene rings is 1. The van der Waals surface area contributed by atoms with Crippen molar-refractivity contribution in [2.75, 3.05) is 11.9 Å². The number of urea groups is 1. The maximum absolute atomic E-state index is 13.1. The number of amides is 2. The largest absolute Gasteiger partial charge is 0.322 e. The molecule has 1 heterocycles. The molecule has 2 fully saturated rings. The molecule has 19 heavy (non-hydrogen) atoms. The van der Waals surface area contributed by atoms with E-state index in [1.54, 1.807) is 0 Å². The number of likely N-dealkylation sites (tertiary alicyclic amines) is 1. The molecule has 3 rings (SSSR count). The third-order valence-electron chi connectivity index (χ3n) is 4.19. The van der Waals surface area contributed by atoms with E-state index in [4.69, 9.17) is 0 Å². The molecule has 1 aromatic rings. The van der Waals surface area contributed by atoms with Crippen molar-refractivity contribution in [2.24, 2.45) is 5.92 Å². The second-order valence-corrected chi connectivity index (χ2v) is 5.30. The zero-order valence-corrected chi connectivity index (χ0v) is 10.5. The number of halogens is 2. The Morgan fingerprint density at radius 1 is 1.21 bits per heavy atom. The van der Waals surface area contributed by atoms with Gasteiger partial charge in [-0.1, -0.05) is 6.42 Å². The number of fused-ring (bicyclic) bond motifs is 1. The molecule has 2 atom stereocenters. The van der Waals surface area contributed by atoms with Gasteiger partial charge < -0.3 is 10.2 Å². The van der Waals surface area contributed by atoms with Gasteiger partial charge in [0.25, 0.3) is 0 Å². The van der Waals surface area contributed by atoms with Crippen LogP contribution in [-0.2, 0) is 0 Å². The van der Waals surface area contributed by atoms with E-state index in [-0.39, 0.29) is 6.03 Å². The summed E-state index contributed by atoms with van der Waals surface area (Å²) in [6.07, 6.45) is 4.47. The monoisotopic (exact) mass is 266 g/mol. The molecule has 102 valence electrons. The van der Waals surface area contributed by atoms with Crippen molar-refractivity contribution >= 4 is 11.7 Å². The van der Waals surface area contributed by atoms with E-state index in [9.17, 15) is 13.6 Å². The highest BCUT2D eigenvalue weighted by Gasteiger charge is 2.39. The number of rotatable bonds is 1. The van der Waals surface area contributed by atoms with E-state index in [0.717, 1.165) is 31.5 Å². The minimum absolute atomic E-state index is 0.208. The standard InChI is InChI=1S/C14H16F2N2O/c15-11-5-4-10(8-12(11)16)17-14(19)18-7-6-9-2-1-3-13(9)18/h4-5,8-9,13H,1-3,6-7H2,(H,17,19)/t9-,13+/m1/s1. The highest BCUT2D eigenvalue weighted by molar-refractivity contribution is 5.89. The maximum atomic E-state index is 13.1. The van der Waals surface area contributed by atoms with E-state index in [2.05, 4.69) is 5.32 Å². The summed E-state index contributed by atoms with van der Waals surface area (Å²) >= 11 is 0. The SMILES string of the molecule is O=C(Nc1ccc(F)c(F)c1)N1CC[C@H]2CCC[C@@H]21. The van der Waals surface area contributed by atoms with Crippen LogP contribution in [0.4, 0.5) is 19.3 Å². The molecule has 1 saturated heterocycles. The van der Waals surface area contributed by atoms with E-state index < -0.39 is 11.6 Å². The van der Waals surface area contributed by atoms with E-state index in [1.165, 1.54) is 18.9 Å². The number of nitrogens with one attached hydrogen (secondary N) is 1. The van der Waals surface area contributed by atoms with Crippen molar-refractivity contribution in [1.29, 1.82) is 0 Å². The first kappa shape index (κ1) is 12.4. The van der Waals surface area contributed by atoms with Crippen LogP contribution in [0.5, 0.6) is 0 Å². The fourth-order valence-electron chi connectivity index (χ4n) is 3.26. The van der Waals surface area contributed by atoms with Gasteiger partial charge in [0.1, 0.15) is 0 Å². The van der Waals surface area contributed by atoms with Gasteiger partial charge in [0.2, 0.25) is 0 Å². The van der Waals surface area contributed by atoms with Crippen LogP contribution in [0.15, 0.2) is 18.2 Å². The minimum Gasteiger partial charge on any atom is -0.321 e. The molecule has 1 aliphatic heterocycles. The quantitative estimate of drug-likeness (QED) is 0.830. The van der Waals surface area contributed by atoms with Crippen molar-refractivity contribution in [3.05, 3.63) is 29.8 Å². The van der Waals surface area contributed by atoms with Gasteiger partial charge in [0.05, 0.1) is 0 Å². The van der Waals surface area contributed by atoms with Crippen LogP contribution in [0.2, 0.25) is 0 Å². The number of carbonyl (C=O) groups is 1. The first-order valence-corrected chi connectivity index (χ1v) is 6.68. The molecule has 0 radical (unpaired) electrons. The summed E-state index contributed by atoms with van der Waals surface area (Å²) < 4.78 is 25.9. The lowest BCUT2D eigenvalue weighted by Crippen LogP contribution is -2.39. The Kier molecular flexibility index (Phi) is 3.12. The van der Waals surface area contributed by atoms with Gasteiger partial charge in [-0.15, -0.1) is 0 Å². The van der Waals surface area contributed by atoms with Gasteiger partial charge in [-0.2, -0.15) is 0 Å². The Morgan fingerprint density at radius 2 is 2.05 bits per heavy atom. The molecule has 1 aliphatic carbocycles. The van der Waals surface area contributed by atoms with Crippen molar-refractivity contribution in [2.45, 2.75) is 31.7 Å². The molecule has 0 spiro atoms. The molecule has 5 heteroatoms. The summed E-state index contributed by atoms with van der Waals surface area (Å²) in [7, 11) is 0. The Balaban J connectivity index is 1.69. The van der Waals surface area contributed by atoms with Gasteiger partial charge in [0, 0.05) is 24.3 Å². The van der Waals surface area contributed by atoms with Crippen molar-refractivity contribution < 1.29 is 13.6 Å². The van der Waals surface area contributed by atoms with Crippen LogP contribution in [0, 0.1) is 17.6 Å². The van der Waals surface area contributed by atoms with Gasteiger partial charge >= 0.3 is 6.03 Å². The second-order valence-electron chi connectivity index (χ2n) is 5.30. The van der Waals surface area contributed by atoms with Crippen molar-refractivity contribution in [1.82, 2.24) is 4.90 Å². The van der Waals surface area contributed by atoms with Crippen LogP contribution in [-0.4, -0.2) is 23.5 Å². The molecule has 2 aliphatic rings. The molecule has 2 amide bonds. The lowest BCUT2D eigenvalue weighted by atomic mass is 10.1. The third-order valence-corrected chi connectivity index (χ3v) is 4.19. The number of anilines is 1. The summed E-state index contributed by atoms with van der Waals surface area (Å²) in [5.41, 5.74) is 0.297. The fraction of sp³-hybridized carbons (Fsp3) is 0.500. The van der Waals surface area contributed by atoms with Crippen LogP contribution in [0.3, 0.4) is 0 Å². The lowest BCUT2D eigenvalue weighted by molar-refractivity contribution is 0.203. The molecule has 1 N–H and O–H groups in total. The highest BCUT2D eigenvalue weighted by atomic mass is 19.2. The van der Waals surface area contributed by atoms with Crippen molar-refractivity contribution in [3.63, 3.8) is 0 Å². The van der Waals surface area contributed by atoms with Crippen LogP contribution < -0.4 is 5.32 Å². The number of carbonyl (C=O) groups excluding carboxylic acids is 1. The molecule has 0 bridgehead atoms. The predicted octanol–water partition coefficient (Wildman–Crippen LogP) is 3.37. The topological polar surface area (TPSA) is 32.3 Å². The van der Waals surface area contributed by atoms with Crippen molar-refractivity contribution in [3.8, 4) is 0 Å². The van der Waals surface area contributed by atoms with E-state index in [1.807, 2.05) is 4.90 Å². The normalized spacial score (nSPS) is 25.5. The zero-order valence-electron chi connectivity index (χ0n) is 10.5. The lowest BCUT2D eigenvalue weighted by Gasteiger charge is -2.24. The molecule has 3 nitrogen and oxygen atoms in total. The number of hydrogen-bond donors (Lipinski definition) is 1.